The maximum Gasteiger partial charge on any atom is 0.347 e. The van der Waals surface area contributed by atoms with Crippen LogP contribution < -0.4 is 8.92 Å². The Morgan fingerprint density at radius 1 is 1.07 bits per heavy atom. The van der Waals surface area contributed by atoms with E-state index in [0.717, 1.165) is 12.1 Å². The van der Waals surface area contributed by atoms with Crippen LogP contribution in [-0.2, 0) is 19.6 Å². The van der Waals surface area contributed by atoms with Gasteiger partial charge in [-0.15, -0.1) is 0 Å². The van der Waals surface area contributed by atoms with Gasteiger partial charge in [0, 0.05) is 12.1 Å². The molecular formula is C17H17NO8S. The number of hydrogen-bond acceptors (Lipinski definition) is 8. The second-order valence-corrected chi connectivity index (χ2v) is 6.82. The Morgan fingerprint density at radius 2 is 1.63 bits per heavy atom. The van der Waals surface area contributed by atoms with Gasteiger partial charge >= 0.3 is 16.1 Å². The summed E-state index contributed by atoms with van der Waals surface area (Å²) in [5.74, 6) is -0.308. The number of nitrogens with zero attached hydrogens (tertiary/aromatic N) is 1. The lowest BCUT2D eigenvalue weighted by Gasteiger charge is -2.13. The molecule has 0 saturated carbocycles. The number of nitro groups is 1. The second-order valence-electron chi connectivity index (χ2n) is 5.27. The second kappa shape index (κ2) is 8.49. The number of ether oxygens (including phenoxy) is 2. The monoisotopic (exact) mass is 395 g/mol. The number of esters is 1. The van der Waals surface area contributed by atoms with Crippen molar-refractivity contribution in [2.24, 2.45) is 0 Å². The first kappa shape index (κ1) is 20.2. The minimum Gasteiger partial charge on any atom is -0.479 e. The summed E-state index contributed by atoms with van der Waals surface area (Å²) in [6, 6.07) is 9.92. The van der Waals surface area contributed by atoms with Crippen LogP contribution >= 0.6 is 0 Å². The van der Waals surface area contributed by atoms with Crippen LogP contribution in [0.15, 0.2) is 53.4 Å². The zero-order valence-corrected chi connectivity index (χ0v) is 15.3. The van der Waals surface area contributed by atoms with E-state index in [1.54, 1.807) is 6.92 Å². The molecule has 0 heterocycles. The lowest BCUT2D eigenvalue weighted by molar-refractivity contribution is -0.384. The predicted molar refractivity (Wildman–Crippen MR) is 94.1 cm³/mol. The summed E-state index contributed by atoms with van der Waals surface area (Å²) in [6.07, 6.45) is -0.844. The van der Waals surface area contributed by atoms with Crippen LogP contribution in [0.2, 0.25) is 0 Å². The van der Waals surface area contributed by atoms with E-state index in [0.29, 0.717) is 0 Å². The Bertz CT molecular complexity index is 907. The van der Waals surface area contributed by atoms with Gasteiger partial charge in [-0.2, -0.15) is 8.42 Å². The third-order valence-corrected chi connectivity index (χ3v) is 4.56. The highest BCUT2D eigenvalue weighted by atomic mass is 32.2. The minimum atomic E-state index is -4.13. The average Bonchev–Trinajstić information content (AvgIpc) is 2.62. The molecule has 0 fully saturated rings. The normalized spacial score (nSPS) is 12.1. The van der Waals surface area contributed by atoms with Crippen molar-refractivity contribution in [2.75, 3.05) is 6.61 Å². The quantitative estimate of drug-likeness (QED) is 0.289. The molecule has 10 heteroatoms. The van der Waals surface area contributed by atoms with Gasteiger partial charge in [-0.05, 0) is 50.2 Å². The Morgan fingerprint density at radius 3 is 2.15 bits per heavy atom. The summed E-state index contributed by atoms with van der Waals surface area (Å²) >= 11 is 0. The summed E-state index contributed by atoms with van der Waals surface area (Å²) in [7, 11) is -4.13. The summed E-state index contributed by atoms with van der Waals surface area (Å²) in [5.41, 5.74) is -0.183. The highest BCUT2D eigenvalue weighted by Crippen LogP contribution is 2.23. The van der Waals surface area contributed by atoms with Crippen molar-refractivity contribution in [1.82, 2.24) is 0 Å². The van der Waals surface area contributed by atoms with Gasteiger partial charge in [-0.25, -0.2) is 4.79 Å². The first-order valence-electron chi connectivity index (χ1n) is 7.85. The van der Waals surface area contributed by atoms with Crippen LogP contribution in [0.1, 0.15) is 13.8 Å². The molecule has 2 rings (SSSR count). The zero-order chi connectivity index (χ0) is 20.0. The van der Waals surface area contributed by atoms with E-state index in [1.807, 2.05) is 0 Å². The Balaban J connectivity index is 2.08. The van der Waals surface area contributed by atoms with Gasteiger partial charge < -0.3 is 13.7 Å². The van der Waals surface area contributed by atoms with Crippen LogP contribution in [0.5, 0.6) is 11.5 Å². The average molecular weight is 395 g/mol. The smallest absolute Gasteiger partial charge is 0.347 e. The molecule has 0 radical (unpaired) electrons. The first-order chi connectivity index (χ1) is 12.7. The van der Waals surface area contributed by atoms with Crippen LogP contribution in [0.25, 0.3) is 0 Å². The number of nitro benzene ring substituents is 1. The van der Waals surface area contributed by atoms with Crippen molar-refractivity contribution in [3.63, 3.8) is 0 Å². The molecule has 27 heavy (non-hydrogen) atoms. The fourth-order valence-electron chi connectivity index (χ4n) is 1.99. The Kier molecular flexibility index (Phi) is 6.35. The SMILES string of the molecule is CCOC(=O)[C@@H](C)Oc1ccc(S(=O)(=O)Oc2ccc([N+](=O)[O-])cc2)cc1. The van der Waals surface area contributed by atoms with Crippen LogP contribution in [0, 0.1) is 10.1 Å². The highest BCUT2D eigenvalue weighted by Gasteiger charge is 2.19. The van der Waals surface area contributed by atoms with E-state index in [1.165, 1.54) is 43.3 Å². The number of carbonyl (C=O) groups excluding carboxylic acids is 1. The topological polar surface area (TPSA) is 122 Å². The molecule has 0 unspecified atom stereocenters. The fraction of sp³-hybridized carbons (Fsp3) is 0.235. The molecule has 0 aliphatic heterocycles. The van der Waals surface area contributed by atoms with Crippen LogP contribution in [0.4, 0.5) is 5.69 Å². The highest BCUT2D eigenvalue weighted by molar-refractivity contribution is 7.87. The third kappa shape index (κ3) is 5.42. The van der Waals surface area contributed by atoms with Crippen molar-refractivity contribution >= 4 is 21.8 Å². The lowest BCUT2D eigenvalue weighted by Crippen LogP contribution is -2.26. The number of benzene rings is 2. The van der Waals surface area contributed by atoms with E-state index in [2.05, 4.69) is 0 Å². The third-order valence-electron chi connectivity index (χ3n) is 3.30. The number of rotatable bonds is 8. The maximum atomic E-state index is 12.3. The fourth-order valence-corrected chi connectivity index (χ4v) is 2.93. The molecular weight excluding hydrogens is 378 g/mol. The van der Waals surface area contributed by atoms with Gasteiger partial charge in [-0.1, -0.05) is 0 Å². The molecule has 2 aromatic rings. The molecule has 0 aromatic heterocycles. The van der Waals surface area contributed by atoms with E-state index < -0.39 is 27.1 Å². The van der Waals surface area contributed by atoms with Gasteiger partial charge in [0.2, 0.25) is 0 Å². The van der Waals surface area contributed by atoms with E-state index in [4.69, 9.17) is 13.7 Å². The molecule has 2 aromatic carbocycles. The minimum absolute atomic E-state index is 0.0585. The van der Waals surface area contributed by atoms with Gasteiger partial charge in [0.15, 0.2) is 6.10 Å². The molecule has 0 aliphatic carbocycles. The molecule has 0 saturated heterocycles. The molecule has 144 valence electrons. The Labute approximate surface area is 155 Å². The Hall–Kier alpha value is -3.14. The molecule has 1 atom stereocenters. The van der Waals surface area contributed by atoms with Gasteiger partial charge in [-0.3, -0.25) is 10.1 Å². The molecule has 0 spiro atoms. The zero-order valence-electron chi connectivity index (χ0n) is 14.5. The summed E-state index contributed by atoms with van der Waals surface area (Å²) in [4.78, 5) is 21.4. The van der Waals surface area contributed by atoms with Crippen LogP contribution in [0.3, 0.4) is 0 Å². The maximum absolute atomic E-state index is 12.3. The number of hydrogen-bond donors (Lipinski definition) is 0. The van der Waals surface area contributed by atoms with Crippen LogP contribution in [-0.4, -0.2) is 32.0 Å². The van der Waals surface area contributed by atoms with E-state index >= 15 is 0 Å². The molecule has 0 bridgehead atoms. The predicted octanol–water partition coefficient (Wildman–Crippen LogP) is 2.69. The lowest BCUT2D eigenvalue weighted by atomic mass is 10.3. The first-order valence-corrected chi connectivity index (χ1v) is 9.26. The van der Waals surface area contributed by atoms with Gasteiger partial charge in [0.05, 0.1) is 11.5 Å². The van der Waals surface area contributed by atoms with Gasteiger partial charge in [0.25, 0.3) is 5.69 Å². The van der Waals surface area contributed by atoms with Crippen molar-refractivity contribution in [1.29, 1.82) is 0 Å². The molecule has 0 amide bonds. The van der Waals surface area contributed by atoms with Gasteiger partial charge in [0.1, 0.15) is 16.4 Å². The standard InChI is InChI=1S/C17H17NO8S/c1-3-24-17(19)12(2)25-14-8-10-16(11-9-14)27(22,23)26-15-6-4-13(5-7-15)18(20)21/h4-12H,3H2,1-2H3/t12-/m1/s1. The molecule has 0 N–H and O–H groups in total. The summed E-state index contributed by atoms with van der Waals surface area (Å²) in [5, 5.41) is 10.6. The van der Waals surface area contributed by atoms with Crippen molar-refractivity contribution in [3.8, 4) is 11.5 Å². The number of non-ortho nitro benzene ring substituents is 1. The van der Waals surface area contributed by atoms with E-state index in [-0.39, 0.29) is 28.7 Å². The number of carbonyl (C=O) groups is 1. The summed E-state index contributed by atoms with van der Waals surface area (Å²) in [6.45, 7) is 3.42. The molecule has 0 aliphatic rings. The largest absolute Gasteiger partial charge is 0.479 e. The van der Waals surface area contributed by atoms with Crippen molar-refractivity contribution in [3.05, 3.63) is 58.6 Å². The summed E-state index contributed by atoms with van der Waals surface area (Å²) < 4.78 is 39.7. The van der Waals surface area contributed by atoms with E-state index in [9.17, 15) is 23.3 Å². The molecule has 9 nitrogen and oxygen atoms in total. The van der Waals surface area contributed by atoms with Crippen molar-refractivity contribution < 1.29 is 31.8 Å². The van der Waals surface area contributed by atoms with Crippen molar-refractivity contribution in [2.45, 2.75) is 24.8 Å².